The predicted octanol–water partition coefficient (Wildman–Crippen LogP) is 4.53. The van der Waals surface area contributed by atoms with Crippen LogP contribution in [0.3, 0.4) is 0 Å². The van der Waals surface area contributed by atoms with E-state index in [1.54, 1.807) is 48.8 Å². The Morgan fingerprint density at radius 1 is 0.838 bits per heavy atom. The zero-order valence-corrected chi connectivity index (χ0v) is 20.9. The van der Waals surface area contributed by atoms with E-state index in [9.17, 15) is 14.7 Å². The molecule has 0 aliphatic heterocycles. The van der Waals surface area contributed by atoms with E-state index in [0.717, 1.165) is 23.2 Å². The van der Waals surface area contributed by atoms with E-state index in [0.29, 0.717) is 22.4 Å². The number of hydrogen-bond donors (Lipinski definition) is 3. The molecular weight excluding hydrogens is 464 g/mol. The molecule has 3 aromatic carbocycles. The van der Waals surface area contributed by atoms with Gasteiger partial charge in [-0.3, -0.25) is 14.6 Å². The molecular formula is C30H30N4O3. The van der Waals surface area contributed by atoms with Gasteiger partial charge in [0.25, 0.3) is 11.8 Å². The number of rotatable bonds is 9. The van der Waals surface area contributed by atoms with Crippen LogP contribution >= 0.6 is 0 Å². The first kappa shape index (κ1) is 25.8. The first-order valence-electron chi connectivity index (χ1n) is 12.0. The van der Waals surface area contributed by atoms with Gasteiger partial charge in [-0.2, -0.15) is 0 Å². The summed E-state index contributed by atoms with van der Waals surface area (Å²) in [5, 5.41) is 15.8. The Morgan fingerprint density at radius 2 is 1.54 bits per heavy atom. The van der Waals surface area contributed by atoms with Crippen molar-refractivity contribution in [2.75, 3.05) is 26.0 Å². The van der Waals surface area contributed by atoms with Crippen LogP contribution in [0.5, 0.6) is 0 Å². The molecule has 7 nitrogen and oxygen atoms in total. The van der Waals surface area contributed by atoms with Crippen molar-refractivity contribution in [2.24, 2.45) is 0 Å². The van der Waals surface area contributed by atoms with E-state index in [4.69, 9.17) is 0 Å². The molecule has 3 N–H and O–H groups in total. The van der Waals surface area contributed by atoms with E-state index in [1.165, 1.54) is 0 Å². The maximum absolute atomic E-state index is 12.9. The molecule has 4 aromatic rings. The van der Waals surface area contributed by atoms with Gasteiger partial charge in [0.1, 0.15) is 0 Å². The van der Waals surface area contributed by atoms with Crippen molar-refractivity contribution in [1.29, 1.82) is 0 Å². The second kappa shape index (κ2) is 12.1. The minimum atomic E-state index is -0.663. The van der Waals surface area contributed by atoms with E-state index >= 15 is 0 Å². The van der Waals surface area contributed by atoms with E-state index in [1.807, 2.05) is 62.6 Å². The summed E-state index contributed by atoms with van der Waals surface area (Å²) in [4.78, 5) is 31.9. The molecule has 0 spiro atoms. The molecule has 2 amide bonds. The average molecular weight is 495 g/mol. The summed E-state index contributed by atoms with van der Waals surface area (Å²) >= 11 is 0. The Labute approximate surface area is 216 Å². The molecule has 0 aliphatic rings. The van der Waals surface area contributed by atoms with Crippen molar-refractivity contribution in [3.63, 3.8) is 0 Å². The van der Waals surface area contributed by atoms with Crippen LogP contribution in [0, 0.1) is 0 Å². The number of pyridine rings is 1. The number of nitrogens with zero attached hydrogens (tertiary/aromatic N) is 2. The van der Waals surface area contributed by atoms with Gasteiger partial charge in [-0.1, -0.05) is 36.4 Å². The minimum absolute atomic E-state index is 0.265. The highest BCUT2D eigenvalue weighted by Gasteiger charge is 2.17. The minimum Gasteiger partial charge on any atom is -0.394 e. The molecule has 4 rings (SSSR count). The van der Waals surface area contributed by atoms with Crippen LogP contribution in [-0.4, -0.2) is 47.5 Å². The van der Waals surface area contributed by atoms with Gasteiger partial charge in [0.05, 0.1) is 12.6 Å². The molecule has 0 fully saturated rings. The molecule has 0 saturated carbocycles. The Bertz CT molecular complexity index is 1350. The summed E-state index contributed by atoms with van der Waals surface area (Å²) in [6.07, 6.45) is 3.44. The highest BCUT2D eigenvalue weighted by molar-refractivity contribution is 6.04. The van der Waals surface area contributed by atoms with Crippen LogP contribution in [0.25, 0.3) is 11.1 Å². The molecule has 37 heavy (non-hydrogen) atoms. The lowest BCUT2D eigenvalue weighted by atomic mass is 10.0. The van der Waals surface area contributed by atoms with E-state index in [-0.39, 0.29) is 18.4 Å². The summed E-state index contributed by atoms with van der Waals surface area (Å²) in [7, 11) is 3.98. The fourth-order valence-corrected chi connectivity index (χ4v) is 4.05. The number of carbonyl (C=O) groups excluding carboxylic acids is 2. The monoisotopic (exact) mass is 494 g/mol. The number of nitrogens with one attached hydrogen (secondary N) is 2. The quantitative estimate of drug-likeness (QED) is 0.318. The van der Waals surface area contributed by atoms with Crippen molar-refractivity contribution >= 4 is 17.5 Å². The van der Waals surface area contributed by atoms with Crippen LogP contribution in [0.4, 0.5) is 5.69 Å². The third-order valence-electron chi connectivity index (χ3n) is 5.88. The highest BCUT2D eigenvalue weighted by atomic mass is 16.3. The van der Waals surface area contributed by atoms with Crippen LogP contribution in [-0.2, 0) is 6.54 Å². The third-order valence-corrected chi connectivity index (χ3v) is 5.88. The number of carbonyl (C=O) groups is 2. The molecule has 0 bridgehead atoms. The summed E-state index contributed by atoms with van der Waals surface area (Å²) < 4.78 is 0. The van der Waals surface area contributed by atoms with Gasteiger partial charge in [-0.05, 0) is 84.9 Å². The SMILES string of the molecule is CN(C)Cc1cccc(NC(=O)c2cccc(C(CO)NC(=O)c3ccc(-c4ccncc4)cc3)c2)c1. The van der Waals surface area contributed by atoms with Crippen molar-refractivity contribution in [3.05, 3.63) is 120 Å². The number of aromatic nitrogens is 1. The molecule has 1 atom stereocenters. The molecule has 1 heterocycles. The first-order valence-corrected chi connectivity index (χ1v) is 12.0. The Kier molecular flexibility index (Phi) is 8.40. The normalized spacial score (nSPS) is 11.7. The standard InChI is InChI=1S/C30H30N4O3/c1-34(2)19-21-5-3-8-27(17-21)32-30(37)26-7-4-6-25(18-26)28(20-35)33-29(36)24-11-9-22(10-12-24)23-13-15-31-16-14-23/h3-18,28,35H,19-20H2,1-2H3,(H,32,37)(H,33,36). The highest BCUT2D eigenvalue weighted by Crippen LogP contribution is 2.21. The number of hydrogen-bond acceptors (Lipinski definition) is 5. The lowest BCUT2D eigenvalue weighted by molar-refractivity contribution is 0.0916. The molecule has 0 radical (unpaired) electrons. The molecule has 0 aliphatic carbocycles. The number of benzene rings is 3. The summed E-state index contributed by atoms with van der Waals surface area (Å²) in [6, 6.07) is 25.0. The van der Waals surface area contributed by atoms with Gasteiger partial charge in [-0.25, -0.2) is 0 Å². The number of anilines is 1. The third kappa shape index (κ3) is 6.88. The van der Waals surface area contributed by atoms with Crippen LogP contribution in [0.15, 0.2) is 97.3 Å². The zero-order chi connectivity index (χ0) is 26.2. The first-order chi connectivity index (χ1) is 17.9. The largest absolute Gasteiger partial charge is 0.394 e. The van der Waals surface area contributed by atoms with E-state index in [2.05, 4.69) is 20.5 Å². The molecule has 1 unspecified atom stereocenters. The molecule has 7 heteroatoms. The number of aliphatic hydroxyl groups excluding tert-OH is 1. The molecule has 1 aromatic heterocycles. The van der Waals surface area contributed by atoms with Crippen LogP contribution in [0.2, 0.25) is 0 Å². The lowest BCUT2D eigenvalue weighted by Gasteiger charge is -2.18. The van der Waals surface area contributed by atoms with Crippen molar-refractivity contribution in [3.8, 4) is 11.1 Å². The Hall–Kier alpha value is -4.33. The lowest BCUT2D eigenvalue weighted by Crippen LogP contribution is -2.31. The summed E-state index contributed by atoms with van der Waals surface area (Å²) in [6.45, 7) is 0.460. The second-order valence-electron chi connectivity index (χ2n) is 9.04. The van der Waals surface area contributed by atoms with Gasteiger partial charge in [-0.15, -0.1) is 0 Å². The van der Waals surface area contributed by atoms with Crippen molar-refractivity contribution in [2.45, 2.75) is 12.6 Å². The topological polar surface area (TPSA) is 94.6 Å². The van der Waals surface area contributed by atoms with Crippen LogP contribution < -0.4 is 10.6 Å². The fourth-order valence-electron chi connectivity index (χ4n) is 4.05. The number of amides is 2. The van der Waals surface area contributed by atoms with Crippen molar-refractivity contribution in [1.82, 2.24) is 15.2 Å². The summed E-state index contributed by atoms with van der Waals surface area (Å²) in [5.74, 6) is -0.577. The molecule has 0 saturated heterocycles. The maximum atomic E-state index is 12.9. The van der Waals surface area contributed by atoms with Crippen LogP contribution in [0.1, 0.15) is 37.9 Å². The van der Waals surface area contributed by atoms with Gasteiger partial charge in [0, 0.05) is 35.8 Å². The van der Waals surface area contributed by atoms with Gasteiger partial charge < -0.3 is 20.6 Å². The maximum Gasteiger partial charge on any atom is 0.255 e. The van der Waals surface area contributed by atoms with Gasteiger partial charge in [0.2, 0.25) is 0 Å². The Balaban J connectivity index is 1.44. The smallest absolute Gasteiger partial charge is 0.255 e. The molecule has 188 valence electrons. The second-order valence-corrected chi connectivity index (χ2v) is 9.04. The van der Waals surface area contributed by atoms with Crippen molar-refractivity contribution < 1.29 is 14.7 Å². The average Bonchev–Trinajstić information content (AvgIpc) is 2.92. The van der Waals surface area contributed by atoms with Gasteiger partial charge in [0.15, 0.2) is 0 Å². The fraction of sp³-hybridized carbons (Fsp3) is 0.167. The van der Waals surface area contributed by atoms with Gasteiger partial charge >= 0.3 is 0 Å². The predicted molar refractivity (Wildman–Crippen MR) is 145 cm³/mol. The number of aliphatic hydroxyl groups is 1. The van der Waals surface area contributed by atoms with E-state index < -0.39 is 6.04 Å². The zero-order valence-electron chi connectivity index (χ0n) is 20.9. The Morgan fingerprint density at radius 3 is 2.24 bits per heavy atom. The summed E-state index contributed by atoms with van der Waals surface area (Å²) in [5.41, 5.74) is 5.33.